The lowest BCUT2D eigenvalue weighted by molar-refractivity contribution is -0.151. The van der Waals surface area contributed by atoms with Crippen molar-refractivity contribution in [3.63, 3.8) is 0 Å². The molecule has 0 radical (unpaired) electrons. The van der Waals surface area contributed by atoms with Crippen LogP contribution in [0.1, 0.15) is 19.3 Å². The molecule has 0 aromatic carbocycles. The Balaban J connectivity index is 1.63. The number of ether oxygens (including phenoxy) is 1. The molecule has 2 heterocycles. The average Bonchev–Trinajstić information content (AvgIpc) is 2.65. The predicted molar refractivity (Wildman–Crippen MR) is 67.8 cm³/mol. The van der Waals surface area contributed by atoms with E-state index < -0.39 is 0 Å². The average molecular weight is 261 g/mol. The van der Waals surface area contributed by atoms with Crippen molar-refractivity contribution < 1.29 is 9.53 Å². The van der Waals surface area contributed by atoms with Gasteiger partial charge in [-0.2, -0.15) is 0 Å². The predicted octanol–water partition coefficient (Wildman–Crippen LogP) is 0.839. The molecule has 19 heavy (non-hydrogen) atoms. The second-order valence-corrected chi connectivity index (χ2v) is 4.73. The molecule has 100 valence electrons. The maximum atomic E-state index is 11.9. The van der Waals surface area contributed by atoms with Crippen LogP contribution in [-0.2, 0) is 16.1 Å². The number of pyridine rings is 1. The Morgan fingerprint density at radius 3 is 2.95 bits per heavy atom. The lowest BCUT2D eigenvalue weighted by atomic mass is 9.86. The maximum absolute atomic E-state index is 11.9. The molecule has 6 heteroatoms. The summed E-state index contributed by atoms with van der Waals surface area (Å²) < 4.78 is 7.94. The highest BCUT2D eigenvalue weighted by molar-refractivity contribution is 5.73. The van der Waals surface area contributed by atoms with Crippen molar-refractivity contribution >= 4 is 11.6 Å². The van der Waals surface area contributed by atoms with Gasteiger partial charge in [-0.15, -0.1) is 5.10 Å². The van der Waals surface area contributed by atoms with E-state index in [4.69, 9.17) is 4.74 Å². The number of aromatic nitrogens is 3. The summed E-state index contributed by atoms with van der Waals surface area (Å²) in [7, 11) is 0. The Morgan fingerprint density at radius 2 is 2.26 bits per heavy atom. The standard InChI is InChI=1S/C13H15N3O3/c17-12(10-4-3-5-10)19-9-8-16-13(18)15-7-2-1-6-11(15)14-16/h1-2,6-7,10H,3-5,8-9H2. The van der Waals surface area contributed by atoms with Crippen LogP contribution in [0.5, 0.6) is 0 Å². The van der Waals surface area contributed by atoms with Gasteiger partial charge in [-0.05, 0) is 25.0 Å². The van der Waals surface area contributed by atoms with Crippen molar-refractivity contribution in [1.29, 1.82) is 0 Å². The Hall–Kier alpha value is -2.11. The molecule has 0 spiro atoms. The number of esters is 1. The molecular weight excluding hydrogens is 246 g/mol. The van der Waals surface area contributed by atoms with Gasteiger partial charge in [0.2, 0.25) is 0 Å². The van der Waals surface area contributed by atoms with E-state index >= 15 is 0 Å². The van der Waals surface area contributed by atoms with Gasteiger partial charge in [0, 0.05) is 6.20 Å². The molecule has 1 fully saturated rings. The van der Waals surface area contributed by atoms with Gasteiger partial charge in [0.25, 0.3) is 0 Å². The number of fused-ring (bicyclic) bond motifs is 1. The van der Waals surface area contributed by atoms with Crippen LogP contribution in [0.25, 0.3) is 5.65 Å². The third kappa shape index (κ3) is 2.25. The quantitative estimate of drug-likeness (QED) is 0.765. The summed E-state index contributed by atoms with van der Waals surface area (Å²) in [6.45, 7) is 0.484. The SMILES string of the molecule is O=C(OCCn1nc2ccccn2c1=O)C1CCC1. The van der Waals surface area contributed by atoms with E-state index in [-0.39, 0.29) is 24.2 Å². The van der Waals surface area contributed by atoms with Crippen LogP contribution in [0.4, 0.5) is 0 Å². The second kappa shape index (κ2) is 4.87. The van der Waals surface area contributed by atoms with Gasteiger partial charge in [-0.1, -0.05) is 12.5 Å². The Bertz CT molecular complexity index is 654. The van der Waals surface area contributed by atoms with E-state index in [0.717, 1.165) is 19.3 Å². The van der Waals surface area contributed by atoms with Gasteiger partial charge in [-0.3, -0.25) is 9.20 Å². The van der Waals surface area contributed by atoms with E-state index in [1.807, 2.05) is 6.07 Å². The highest BCUT2D eigenvalue weighted by Gasteiger charge is 2.26. The maximum Gasteiger partial charge on any atom is 0.350 e. The first-order chi connectivity index (χ1) is 9.25. The summed E-state index contributed by atoms with van der Waals surface area (Å²) in [5.74, 6) is -0.0825. The first-order valence-corrected chi connectivity index (χ1v) is 6.46. The highest BCUT2D eigenvalue weighted by atomic mass is 16.5. The van der Waals surface area contributed by atoms with Gasteiger partial charge < -0.3 is 4.74 Å². The molecule has 1 aliphatic rings. The fourth-order valence-electron chi connectivity index (χ4n) is 2.11. The minimum atomic E-state index is -0.213. The van der Waals surface area contributed by atoms with Crippen LogP contribution in [-0.4, -0.2) is 26.8 Å². The zero-order valence-electron chi connectivity index (χ0n) is 10.5. The van der Waals surface area contributed by atoms with Crippen LogP contribution < -0.4 is 5.69 Å². The van der Waals surface area contributed by atoms with Crippen LogP contribution in [0, 0.1) is 5.92 Å². The van der Waals surface area contributed by atoms with Crippen molar-refractivity contribution in [2.24, 2.45) is 5.92 Å². The lowest BCUT2D eigenvalue weighted by Crippen LogP contribution is -2.27. The molecule has 0 unspecified atom stereocenters. The first kappa shape index (κ1) is 12.0. The molecule has 0 amide bonds. The van der Waals surface area contributed by atoms with Crippen LogP contribution in [0.15, 0.2) is 29.2 Å². The normalized spacial score (nSPS) is 15.4. The van der Waals surface area contributed by atoms with E-state index in [9.17, 15) is 9.59 Å². The molecule has 2 aromatic rings. The summed E-state index contributed by atoms with van der Waals surface area (Å²) in [5.41, 5.74) is 0.383. The molecule has 1 saturated carbocycles. The third-order valence-electron chi connectivity index (χ3n) is 3.47. The number of hydrogen-bond donors (Lipinski definition) is 0. The molecular formula is C13H15N3O3. The van der Waals surface area contributed by atoms with Gasteiger partial charge >= 0.3 is 11.7 Å². The fourth-order valence-corrected chi connectivity index (χ4v) is 2.11. The largest absolute Gasteiger partial charge is 0.463 e. The number of carbonyl (C=O) groups excluding carboxylic acids is 1. The van der Waals surface area contributed by atoms with Crippen molar-refractivity contribution in [3.05, 3.63) is 34.9 Å². The van der Waals surface area contributed by atoms with Crippen LogP contribution in [0.2, 0.25) is 0 Å². The van der Waals surface area contributed by atoms with E-state index in [0.29, 0.717) is 12.2 Å². The molecule has 0 saturated heterocycles. The van der Waals surface area contributed by atoms with Crippen molar-refractivity contribution in [2.45, 2.75) is 25.8 Å². The van der Waals surface area contributed by atoms with E-state index in [1.54, 1.807) is 18.3 Å². The first-order valence-electron chi connectivity index (χ1n) is 6.46. The molecule has 6 nitrogen and oxygen atoms in total. The van der Waals surface area contributed by atoms with Gasteiger partial charge in [0.05, 0.1) is 12.5 Å². The number of rotatable bonds is 4. The van der Waals surface area contributed by atoms with Gasteiger partial charge in [0.1, 0.15) is 6.61 Å². The summed E-state index contributed by atoms with van der Waals surface area (Å²) in [5, 5.41) is 4.16. The molecule has 2 aromatic heterocycles. The Labute approximate surface area is 109 Å². The zero-order chi connectivity index (χ0) is 13.2. The fraction of sp³-hybridized carbons (Fsp3) is 0.462. The lowest BCUT2D eigenvalue weighted by Gasteiger charge is -2.22. The summed E-state index contributed by atoms with van der Waals surface area (Å²) in [4.78, 5) is 23.5. The van der Waals surface area contributed by atoms with Crippen LogP contribution >= 0.6 is 0 Å². The Kier molecular flexibility index (Phi) is 3.06. The molecule has 1 aliphatic carbocycles. The van der Waals surface area contributed by atoms with Crippen molar-refractivity contribution in [3.8, 4) is 0 Å². The van der Waals surface area contributed by atoms with Crippen molar-refractivity contribution in [2.75, 3.05) is 6.61 Å². The van der Waals surface area contributed by atoms with Gasteiger partial charge in [-0.25, -0.2) is 9.48 Å². The molecule has 0 N–H and O–H groups in total. The minimum absolute atomic E-state index is 0.0674. The summed E-state index contributed by atoms with van der Waals surface area (Å²) in [6.07, 6.45) is 4.62. The molecule has 0 bridgehead atoms. The van der Waals surface area contributed by atoms with Crippen LogP contribution in [0.3, 0.4) is 0 Å². The number of hydrogen-bond acceptors (Lipinski definition) is 4. The van der Waals surface area contributed by atoms with E-state index in [2.05, 4.69) is 5.10 Å². The summed E-state index contributed by atoms with van der Waals surface area (Å²) >= 11 is 0. The van der Waals surface area contributed by atoms with Gasteiger partial charge in [0.15, 0.2) is 5.65 Å². The minimum Gasteiger partial charge on any atom is -0.463 e. The number of nitrogens with zero attached hydrogens (tertiary/aromatic N) is 3. The number of carbonyl (C=O) groups is 1. The topological polar surface area (TPSA) is 65.6 Å². The monoisotopic (exact) mass is 261 g/mol. The smallest absolute Gasteiger partial charge is 0.350 e. The van der Waals surface area contributed by atoms with Crippen molar-refractivity contribution in [1.82, 2.24) is 14.2 Å². The second-order valence-electron chi connectivity index (χ2n) is 4.73. The Morgan fingerprint density at radius 1 is 1.42 bits per heavy atom. The molecule has 0 aliphatic heterocycles. The summed E-state index contributed by atoms with van der Waals surface area (Å²) in [6, 6.07) is 5.36. The molecule has 3 rings (SSSR count). The third-order valence-corrected chi connectivity index (χ3v) is 3.47. The zero-order valence-corrected chi connectivity index (χ0v) is 10.5. The highest BCUT2D eigenvalue weighted by Crippen LogP contribution is 2.27. The molecule has 0 atom stereocenters. The van der Waals surface area contributed by atoms with E-state index in [1.165, 1.54) is 9.08 Å².